The molecule has 29 heavy (non-hydrogen) atoms. The molecule has 2 heterocycles. The quantitative estimate of drug-likeness (QED) is 0.652. The maximum Gasteiger partial charge on any atom is 0.229 e. The Bertz CT molecular complexity index is 1150. The van der Waals surface area contributed by atoms with E-state index in [0.717, 1.165) is 22.5 Å². The largest absolute Gasteiger partial charge is 0.422 e. The zero-order valence-electron chi connectivity index (χ0n) is 16.5. The Morgan fingerprint density at radius 2 is 1.93 bits per heavy atom. The van der Waals surface area contributed by atoms with Crippen LogP contribution in [-0.4, -0.2) is 9.78 Å². The molecular formula is C23H21ClN4O. The Labute approximate surface area is 175 Å². The van der Waals surface area contributed by atoms with Crippen molar-refractivity contribution in [1.29, 1.82) is 5.26 Å². The molecule has 0 fully saturated rings. The molecule has 0 aliphatic carbocycles. The number of aromatic nitrogens is 2. The number of nitrogens with zero attached hydrogens (tertiary/aromatic N) is 3. The summed E-state index contributed by atoms with van der Waals surface area (Å²) in [5, 5.41) is 15.1. The highest BCUT2D eigenvalue weighted by Gasteiger charge is 2.36. The Balaban J connectivity index is 1.90. The highest BCUT2D eigenvalue weighted by atomic mass is 35.5. The smallest absolute Gasteiger partial charge is 0.229 e. The van der Waals surface area contributed by atoms with Gasteiger partial charge in [-0.3, -0.25) is 0 Å². The van der Waals surface area contributed by atoms with Crippen molar-refractivity contribution < 1.29 is 4.74 Å². The summed E-state index contributed by atoms with van der Waals surface area (Å²) in [5.41, 5.74) is 11.2. The number of rotatable bonds is 3. The molecule has 0 amide bonds. The lowest BCUT2D eigenvalue weighted by Gasteiger charge is -2.25. The van der Waals surface area contributed by atoms with E-state index in [1.807, 2.05) is 25.1 Å². The number of fused-ring (bicyclic) bond motifs is 1. The number of hydrogen-bond acceptors (Lipinski definition) is 4. The van der Waals surface area contributed by atoms with Crippen LogP contribution in [0, 0.1) is 18.3 Å². The van der Waals surface area contributed by atoms with E-state index in [1.54, 1.807) is 10.7 Å². The molecule has 0 unspecified atom stereocenters. The van der Waals surface area contributed by atoms with E-state index in [4.69, 9.17) is 22.1 Å². The number of aryl methyl sites for hydroxylation is 1. The van der Waals surface area contributed by atoms with Gasteiger partial charge in [-0.25, -0.2) is 4.68 Å². The van der Waals surface area contributed by atoms with E-state index in [2.05, 4.69) is 49.3 Å². The van der Waals surface area contributed by atoms with Crippen molar-refractivity contribution in [3.8, 4) is 17.6 Å². The first-order valence-corrected chi connectivity index (χ1v) is 9.81. The summed E-state index contributed by atoms with van der Waals surface area (Å²) in [5.74, 6) is 0.705. The Hall–Kier alpha value is -3.23. The van der Waals surface area contributed by atoms with Crippen LogP contribution in [0.15, 0.2) is 60.0 Å². The third-order valence-electron chi connectivity index (χ3n) is 5.22. The van der Waals surface area contributed by atoms with E-state index in [9.17, 15) is 5.26 Å². The maximum atomic E-state index is 9.80. The van der Waals surface area contributed by atoms with Crippen LogP contribution >= 0.6 is 11.6 Å². The van der Waals surface area contributed by atoms with Crippen LogP contribution in [0.5, 0.6) is 5.88 Å². The molecule has 6 heteroatoms. The molecule has 146 valence electrons. The molecule has 4 rings (SSSR count). The second-order valence-electron chi connectivity index (χ2n) is 7.44. The summed E-state index contributed by atoms with van der Waals surface area (Å²) in [6.45, 7) is 6.22. The fourth-order valence-electron chi connectivity index (χ4n) is 3.70. The summed E-state index contributed by atoms with van der Waals surface area (Å²) in [6, 6.07) is 17.9. The molecule has 0 spiro atoms. The van der Waals surface area contributed by atoms with Gasteiger partial charge in [0.05, 0.1) is 22.9 Å². The maximum absolute atomic E-state index is 9.80. The van der Waals surface area contributed by atoms with Crippen LogP contribution in [0.4, 0.5) is 0 Å². The van der Waals surface area contributed by atoms with Gasteiger partial charge in [0.25, 0.3) is 0 Å². The average molecular weight is 405 g/mol. The molecule has 0 bridgehead atoms. The van der Waals surface area contributed by atoms with Crippen molar-refractivity contribution in [2.75, 3.05) is 0 Å². The van der Waals surface area contributed by atoms with Crippen molar-refractivity contribution in [1.82, 2.24) is 9.78 Å². The fourth-order valence-corrected chi connectivity index (χ4v) is 3.89. The molecule has 0 saturated carbocycles. The van der Waals surface area contributed by atoms with Gasteiger partial charge in [0.2, 0.25) is 11.8 Å². The van der Waals surface area contributed by atoms with Gasteiger partial charge in [-0.1, -0.05) is 55.8 Å². The molecule has 3 aromatic rings. The minimum absolute atomic E-state index is 0.0983. The lowest BCUT2D eigenvalue weighted by molar-refractivity contribution is 0.367. The summed E-state index contributed by atoms with van der Waals surface area (Å²) in [7, 11) is 0. The minimum Gasteiger partial charge on any atom is -0.422 e. The first-order valence-electron chi connectivity index (χ1n) is 9.43. The molecule has 1 aliphatic heterocycles. The predicted molar refractivity (Wildman–Crippen MR) is 113 cm³/mol. The molecular weight excluding hydrogens is 384 g/mol. The first kappa shape index (κ1) is 19.1. The number of nitrogens with two attached hydrogens (primary N) is 1. The van der Waals surface area contributed by atoms with Gasteiger partial charge in [-0.05, 0) is 42.2 Å². The van der Waals surface area contributed by atoms with Crippen LogP contribution in [-0.2, 0) is 0 Å². The molecule has 2 N–H and O–H groups in total. The van der Waals surface area contributed by atoms with Crippen LogP contribution in [0.1, 0.15) is 48.1 Å². The number of ether oxygens (including phenoxy) is 1. The minimum atomic E-state index is -0.335. The molecule has 0 saturated heterocycles. The monoisotopic (exact) mass is 404 g/mol. The molecule has 1 aliphatic rings. The SMILES string of the molecule is Cc1nn(-c2cccc(Cl)c2)c2c1[C@@H](c1ccc(C(C)C)cc1)C(C#N)=C(N)O2. The van der Waals surface area contributed by atoms with Crippen LogP contribution in [0.25, 0.3) is 5.69 Å². The van der Waals surface area contributed by atoms with E-state index in [1.165, 1.54) is 5.56 Å². The average Bonchev–Trinajstić information content (AvgIpc) is 3.03. The number of allylic oxidation sites excluding steroid dienone is 1. The highest BCUT2D eigenvalue weighted by molar-refractivity contribution is 6.30. The van der Waals surface area contributed by atoms with Gasteiger partial charge in [-0.15, -0.1) is 0 Å². The standard InChI is InChI=1S/C23H21ClN4O/c1-13(2)15-7-9-16(10-8-15)21-19(12-25)22(26)29-23-20(21)14(3)27-28(23)18-6-4-5-17(24)11-18/h4-11,13,21H,26H2,1-3H3/t21-/m0/s1. The predicted octanol–water partition coefficient (Wildman–Crippen LogP) is 5.18. The Morgan fingerprint density at radius 3 is 2.55 bits per heavy atom. The summed E-state index contributed by atoms with van der Waals surface area (Å²) in [4.78, 5) is 0. The second kappa shape index (κ2) is 7.31. The van der Waals surface area contributed by atoms with E-state index in [-0.39, 0.29) is 11.8 Å². The van der Waals surface area contributed by atoms with Crippen molar-refractivity contribution in [3.63, 3.8) is 0 Å². The summed E-state index contributed by atoms with van der Waals surface area (Å²) in [6.07, 6.45) is 0. The van der Waals surface area contributed by atoms with Gasteiger partial charge in [-0.2, -0.15) is 10.4 Å². The Morgan fingerprint density at radius 1 is 1.21 bits per heavy atom. The van der Waals surface area contributed by atoms with Gasteiger partial charge in [0, 0.05) is 5.02 Å². The van der Waals surface area contributed by atoms with Crippen LogP contribution < -0.4 is 10.5 Å². The van der Waals surface area contributed by atoms with Crippen molar-refractivity contribution in [2.24, 2.45) is 5.73 Å². The normalized spacial score (nSPS) is 15.8. The lowest BCUT2D eigenvalue weighted by Crippen LogP contribution is -2.22. The third-order valence-corrected chi connectivity index (χ3v) is 5.46. The van der Waals surface area contributed by atoms with E-state index < -0.39 is 0 Å². The third kappa shape index (κ3) is 3.26. The zero-order valence-corrected chi connectivity index (χ0v) is 17.2. The van der Waals surface area contributed by atoms with E-state index in [0.29, 0.717) is 22.4 Å². The highest BCUT2D eigenvalue weighted by Crippen LogP contribution is 2.44. The number of nitriles is 1. The molecule has 5 nitrogen and oxygen atoms in total. The van der Waals surface area contributed by atoms with Crippen LogP contribution in [0.3, 0.4) is 0 Å². The molecule has 1 atom stereocenters. The van der Waals surface area contributed by atoms with Crippen molar-refractivity contribution >= 4 is 11.6 Å². The zero-order chi connectivity index (χ0) is 20.7. The number of halogens is 1. The summed E-state index contributed by atoms with van der Waals surface area (Å²) >= 11 is 6.16. The van der Waals surface area contributed by atoms with Gasteiger partial charge >= 0.3 is 0 Å². The first-order chi connectivity index (χ1) is 13.9. The number of benzene rings is 2. The van der Waals surface area contributed by atoms with Gasteiger partial charge in [0.15, 0.2) is 0 Å². The van der Waals surface area contributed by atoms with Gasteiger partial charge in [0.1, 0.15) is 11.6 Å². The van der Waals surface area contributed by atoms with E-state index >= 15 is 0 Å². The van der Waals surface area contributed by atoms with Crippen LogP contribution in [0.2, 0.25) is 5.02 Å². The molecule has 0 radical (unpaired) electrons. The lowest BCUT2D eigenvalue weighted by atomic mass is 9.83. The molecule has 1 aromatic heterocycles. The summed E-state index contributed by atoms with van der Waals surface area (Å²) < 4.78 is 7.58. The fraction of sp³-hybridized carbons (Fsp3) is 0.217. The topological polar surface area (TPSA) is 76.9 Å². The second-order valence-corrected chi connectivity index (χ2v) is 7.88. The molecule has 2 aromatic carbocycles. The van der Waals surface area contributed by atoms with Gasteiger partial charge < -0.3 is 10.5 Å². The number of hydrogen-bond donors (Lipinski definition) is 1. The Kier molecular flexibility index (Phi) is 4.81. The van der Waals surface area contributed by atoms with Crippen molar-refractivity contribution in [3.05, 3.63) is 87.4 Å². The van der Waals surface area contributed by atoms with Crippen molar-refractivity contribution in [2.45, 2.75) is 32.6 Å².